The molecule has 0 fully saturated rings. The Balaban J connectivity index is 1.88. The predicted octanol–water partition coefficient (Wildman–Crippen LogP) is 3.22. The van der Waals surface area contributed by atoms with Gasteiger partial charge in [0.25, 0.3) is 0 Å². The van der Waals surface area contributed by atoms with E-state index in [1.165, 1.54) is 0 Å². The highest BCUT2D eigenvalue weighted by Gasteiger charge is 2.01. The molecule has 0 aliphatic carbocycles. The SMILES string of the molecule is CC(=Cc1cnn(-c2ccccc2)c1)c1cnccn1. The van der Waals surface area contributed by atoms with Crippen LogP contribution >= 0.6 is 0 Å². The highest BCUT2D eigenvalue weighted by atomic mass is 15.3. The second-order valence-corrected chi connectivity index (χ2v) is 4.47. The van der Waals surface area contributed by atoms with Gasteiger partial charge in [-0.1, -0.05) is 18.2 Å². The highest BCUT2D eigenvalue weighted by Crippen LogP contribution is 2.15. The summed E-state index contributed by atoms with van der Waals surface area (Å²) in [4.78, 5) is 8.36. The van der Waals surface area contributed by atoms with E-state index >= 15 is 0 Å². The summed E-state index contributed by atoms with van der Waals surface area (Å²) >= 11 is 0. The van der Waals surface area contributed by atoms with E-state index < -0.39 is 0 Å². The Kier molecular flexibility index (Phi) is 3.37. The summed E-state index contributed by atoms with van der Waals surface area (Å²) in [5.41, 5.74) is 4.02. The molecule has 0 saturated carbocycles. The van der Waals surface area contributed by atoms with Crippen molar-refractivity contribution in [2.75, 3.05) is 0 Å². The Bertz CT molecular complexity index is 715. The third kappa shape index (κ3) is 2.64. The van der Waals surface area contributed by atoms with Crippen molar-refractivity contribution in [2.24, 2.45) is 0 Å². The van der Waals surface area contributed by atoms with E-state index in [1.807, 2.05) is 54.3 Å². The van der Waals surface area contributed by atoms with Gasteiger partial charge in [0.05, 0.1) is 23.8 Å². The van der Waals surface area contributed by atoms with Crippen molar-refractivity contribution >= 4 is 11.6 Å². The summed E-state index contributed by atoms with van der Waals surface area (Å²) < 4.78 is 1.86. The first kappa shape index (κ1) is 12.3. The standard InChI is InChI=1S/C16H14N4/c1-13(16-11-17-7-8-18-16)9-14-10-19-20(12-14)15-5-3-2-4-6-15/h2-12H,1H3. The fraction of sp³-hybridized carbons (Fsp3) is 0.0625. The lowest BCUT2D eigenvalue weighted by atomic mass is 10.1. The van der Waals surface area contributed by atoms with Gasteiger partial charge in [0.2, 0.25) is 0 Å². The van der Waals surface area contributed by atoms with Crippen LogP contribution in [0.4, 0.5) is 0 Å². The monoisotopic (exact) mass is 262 g/mol. The molecule has 0 unspecified atom stereocenters. The van der Waals surface area contributed by atoms with E-state index in [9.17, 15) is 0 Å². The van der Waals surface area contributed by atoms with Crippen molar-refractivity contribution in [3.05, 3.63) is 72.6 Å². The van der Waals surface area contributed by atoms with Crippen LogP contribution < -0.4 is 0 Å². The minimum absolute atomic E-state index is 0.875. The molecule has 0 aliphatic heterocycles. The molecule has 0 amide bonds. The minimum atomic E-state index is 0.875. The summed E-state index contributed by atoms with van der Waals surface area (Å²) in [5.74, 6) is 0. The third-order valence-electron chi connectivity index (χ3n) is 2.97. The number of allylic oxidation sites excluding steroid dienone is 1. The molecule has 20 heavy (non-hydrogen) atoms. The second kappa shape index (κ2) is 5.48. The van der Waals surface area contributed by atoms with E-state index in [0.29, 0.717) is 0 Å². The highest BCUT2D eigenvalue weighted by molar-refractivity contribution is 5.77. The molecule has 0 saturated heterocycles. The van der Waals surface area contributed by atoms with Crippen LogP contribution in [0.2, 0.25) is 0 Å². The molecule has 2 heterocycles. The number of nitrogens with zero attached hydrogens (tertiary/aromatic N) is 4. The van der Waals surface area contributed by atoms with Gasteiger partial charge in [-0.05, 0) is 30.7 Å². The quantitative estimate of drug-likeness (QED) is 0.728. The molecule has 2 aromatic heterocycles. The average molecular weight is 262 g/mol. The maximum Gasteiger partial charge on any atom is 0.0842 e. The molecular formula is C16H14N4. The zero-order valence-corrected chi connectivity index (χ0v) is 11.1. The molecule has 0 aliphatic rings. The Hall–Kier alpha value is -2.75. The topological polar surface area (TPSA) is 43.6 Å². The van der Waals surface area contributed by atoms with Gasteiger partial charge in [0.1, 0.15) is 0 Å². The molecule has 0 N–H and O–H groups in total. The first-order valence-corrected chi connectivity index (χ1v) is 6.38. The molecule has 0 spiro atoms. The zero-order valence-electron chi connectivity index (χ0n) is 11.1. The predicted molar refractivity (Wildman–Crippen MR) is 79.1 cm³/mol. The first-order valence-electron chi connectivity index (χ1n) is 6.38. The fourth-order valence-electron chi connectivity index (χ4n) is 1.96. The molecular weight excluding hydrogens is 248 g/mol. The van der Waals surface area contributed by atoms with E-state index in [0.717, 1.165) is 22.5 Å². The maximum absolute atomic E-state index is 4.37. The lowest BCUT2D eigenvalue weighted by molar-refractivity contribution is 0.880. The number of aromatic nitrogens is 4. The Labute approximate surface area is 117 Å². The number of para-hydroxylation sites is 1. The number of hydrogen-bond donors (Lipinski definition) is 0. The smallest absolute Gasteiger partial charge is 0.0842 e. The van der Waals surface area contributed by atoms with E-state index in [-0.39, 0.29) is 0 Å². The van der Waals surface area contributed by atoms with Crippen molar-refractivity contribution in [1.82, 2.24) is 19.7 Å². The van der Waals surface area contributed by atoms with Crippen LogP contribution in [0.3, 0.4) is 0 Å². The van der Waals surface area contributed by atoms with Gasteiger partial charge in [-0.3, -0.25) is 9.97 Å². The third-order valence-corrected chi connectivity index (χ3v) is 2.97. The minimum Gasteiger partial charge on any atom is -0.261 e. The molecule has 0 radical (unpaired) electrons. The number of hydrogen-bond acceptors (Lipinski definition) is 3. The van der Waals surface area contributed by atoms with Gasteiger partial charge >= 0.3 is 0 Å². The van der Waals surface area contributed by atoms with Crippen molar-refractivity contribution in [2.45, 2.75) is 6.92 Å². The fourth-order valence-corrected chi connectivity index (χ4v) is 1.96. The summed E-state index contributed by atoms with van der Waals surface area (Å²) in [6, 6.07) is 10.0. The van der Waals surface area contributed by atoms with Crippen LogP contribution in [-0.2, 0) is 0 Å². The molecule has 98 valence electrons. The van der Waals surface area contributed by atoms with Gasteiger partial charge in [-0.25, -0.2) is 4.68 Å². The van der Waals surface area contributed by atoms with E-state index in [2.05, 4.69) is 21.1 Å². The van der Waals surface area contributed by atoms with Crippen LogP contribution in [0.15, 0.2) is 61.3 Å². The summed E-state index contributed by atoms with van der Waals surface area (Å²) in [6.45, 7) is 2.02. The van der Waals surface area contributed by atoms with Crippen LogP contribution in [0.25, 0.3) is 17.3 Å². The summed E-state index contributed by atoms with van der Waals surface area (Å²) in [7, 11) is 0. The van der Waals surface area contributed by atoms with Crippen LogP contribution in [0, 0.1) is 0 Å². The lowest BCUT2D eigenvalue weighted by Gasteiger charge is -1.99. The molecule has 3 aromatic rings. The maximum atomic E-state index is 4.37. The molecule has 3 rings (SSSR count). The molecule has 0 bridgehead atoms. The van der Waals surface area contributed by atoms with Gasteiger partial charge in [-0.2, -0.15) is 5.10 Å². The lowest BCUT2D eigenvalue weighted by Crippen LogP contribution is -1.92. The van der Waals surface area contributed by atoms with E-state index in [1.54, 1.807) is 18.6 Å². The van der Waals surface area contributed by atoms with Gasteiger partial charge in [0.15, 0.2) is 0 Å². The average Bonchev–Trinajstić information content (AvgIpc) is 2.97. The van der Waals surface area contributed by atoms with Gasteiger partial charge in [0, 0.05) is 24.2 Å². The number of benzene rings is 1. The van der Waals surface area contributed by atoms with Crippen LogP contribution in [-0.4, -0.2) is 19.7 Å². The van der Waals surface area contributed by atoms with Crippen LogP contribution in [0.1, 0.15) is 18.2 Å². The van der Waals surface area contributed by atoms with Crippen molar-refractivity contribution in [3.8, 4) is 5.69 Å². The largest absolute Gasteiger partial charge is 0.261 e. The Morgan fingerprint density at radius 1 is 1.10 bits per heavy atom. The zero-order chi connectivity index (χ0) is 13.8. The summed E-state index contributed by atoms with van der Waals surface area (Å²) in [5, 5.41) is 4.37. The first-order chi connectivity index (χ1) is 9.83. The second-order valence-electron chi connectivity index (χ2n) is 4.47. The summed E-state index contributed by atoms with van der Waals surface area (Å²) in [6.07, 6.45) is 11.0. The molecule has 1 aromatic carbocycles. The molecule has 4 nitrogen and oxygen atoms in total. The number of rotatable bonds is 3. The molecule has 0 atom stereocenters. The van der Waals surface area contributed by atoms with Crippen molar-refractivity contribution in [1.29, 1.82) is 0 Å². The normalized spacial score (nSPS) is 11.6. The van der Waals surface area contributed by atoms with Crippen molar-refractivity contribution < 1.29 is 0 Å². The van der Waals surface area contributed by atoms with Crippen molar-refractivity contribution in [3.63, 3.8) is 0 Å². The van der Waals surface area contributed by atoms with Gasteiger partial charge in [-0.15, -0.1) is 0 Å². The van der Waals surface area contributed by atoms with Gasteiger partial charge < -0.3 is 0 Å². The Morgan fingerprint density at radius 2 is 1.95 bits per heavy atom. The van der Waals surface area contributed by atoms with E-state index in [4.69, 9.17) is 0 Å². The van der Waals surface area contributed by atoms with Crippen LogP contribution in [0.5, 0.6) is 0 Å². The Morgan fingerprint density at radius 3 is 2.70 bits per heavy atom. The molecule has 4 heteroatoms.